The summed E-state index contributed by atoms with van der Waals surface area (Å²) in [6, 6.07) is 16.2. The third kappa shape index (κ3) is 8.57. The Morgan fingerprint density at radius 2 is 1.74 bits per heavy atom. The van der Waals surface area contributed by atoms with Gasteiger partial charge >= 0.3 is 6.03 Å². The minimum absolute atomic E-state index is 0.232. The van der Waals surface area contributed by atoms with Crippen molar-refractivity contribution in [3.63, 3.8) is 0 Å². The molecule has 3 amide bonds. The van der Waals surface area contributed by atoms with Gasteiger partial charge in [0.15, 0.2) is 0 Å². The first-order valence-corrected chi connectivity index (χ1v) is 9.09. The zero-order valence-corrected chi connectivity index (χ0v) is 16.0. The lowest BCUT2D eigenvalue weighted by Gasteiger charge is -2.16. The van der Waals surface area contributed by atoms with Gasteiger partial charge in [0.1, 0.15) is 12.4 Å². The highest BCUT2D eigenvalue weighted by Crippen LogP contribution is 2.15. The molecule has 2 aromatic carbocycles. The molecule has 0 bridgehead atoms. The molecule has 27 heavy (non-hydrogen) atoms. The highest BCUT2D eigenvalue weighted by Gasteiger charge is 2.09. The van der Waals surface area contributed by atoms with E-state index in [1.54, 1.807) is 12.1 Å². The second-order valence-corrected chi connectivity index (χ2v) is 6.51. The SMILES string of the molecule is CN(CCOc1ccc(Cl)cc1)CCC(=O)NC(=O)NCc1ccccc1. The number of halogens is 1. The van der Waals surface area contributed by atoms with Crippen molar-refractivity contribution in [2.24, 2.45) is 0 Å². The molecule has 0 heterocycles. The quantitative estimate of drug-likeness (QED) is 0.691. The van der Waals surface area contributed by atoms with Gasteiger partial charge in [-0.05, 0) is 36.9 Å². The summed E-state index contributed by atoms with van der Waals surface area (Å²) in [6.45, 7) is 2.07. The molecule has 0 saturated heterocycles. The van der Waals surface area contributed by atoms with E-state index in [4.69, 9.17) is 16.3 Å². The number of nitrogens with zero attached hydrogens (tertiary/aromatic N) is 1. The maximum atomic E-state index is 11.9. The van der Waals surface area contributed by atoms with Crippen LogP contribution in [0.5, 0.6) is 5.75 Å². The number of likely N-dealkylation sites (N-methyl/N-ethyl adjacent to an activating group) is 1. The summed E-state index contributed by atoms with van der Waals surface area (Å²) in [5.74, 6) is 0.437. The first-order chi connectivity index (χ1) is 13.0. The summed E-state index contributed by atoms with van der Waals surface area (Å²) in [6.07, 6.45) is 0.232. The van der Waals surface area contributed by atoms with E-state index in [-0.39, 0.29) is 12.3 Å². The van der Waals surface area contributed by atoms with Crippen LogP contribution in [0.1, 0.15) is 12.0 Å². The van der Waals surface area contributed by atoms with Crippen LogP contribution < -0.4 is 15.4 Å². The largest absolute Gasteiger partial charge is 0.492 e. The van der Waals surface area contributed by atoms with Crippen molar-refractivity contribution in [3.8, 4) is 5.75 Å². The first kappa shape index (κ1) is 20.7. The lowest BCUT2D eigenvalue weighted by atomic mass is 10.2. The lowest BCUT2D eigenvalue weighted by Crippen LogP contribution is -2.40. The first-order valence-electron chi connectivity index (χ1n) is 8.71. The molecule has 0 unspecified atom stereocenters. The molecule has 0 fully saturated rings. The number of nitrogens with one attached hydrogen (secondary N) is 2. The average molecular weight is 390 g/mol. The number of rotatable bonds is 9. The highest BCUT2D eigenvalue weighted by molar-refractivity contribution is 6.30. The van der Waals surface area contributed by atoms with Crippen LogP contribution in [0.3, 0.4) is 0 Å². The molecule has 0 spiro atoms. The standard InChI is InChI=1S/C20H24ClN3O3/c1-24(13-14-27-18-9-7-17(21)8-10-18)12-11-19(25)23-20(26)22-15-16-5-3-2-4-6-16/h2-10H,11-15H2,1H3,(H2,22,23,25,26). The molecule has 6 nitrogen and oxygen atoms in total. The number of amides is 3. The third-order valence-corrected chi connectivity index (χ3v) is 4.08. The van der Waals surface area contributed by atoms with Gasteiger partial charge in [-0.3, -0.25) is 10.1 Å². The maximum absolute atomic E-state index is 11.9. The van der Waals surface area contributed by atoms with Crippen molar-refractivity contribution in [2.45, 2.75) is 13.0 Å². The topological polar surface area (TPSA) is 70.7 Å². The van der Waals surface area contributed by atoms with Gasteiger partial charge in [-0.25, -0.2) is 4.79 Å². The van der Waals surface area contributed by atoms with E-state index < -0.39 is 6.03 Å². The van der Waals surface area contributed by atoms with Crippen LogP contribution in [0.4, 0.5) is 4.79 Å². The maximum Gasteiger partial charge on any atom is 0.321 e. The number of carbonyl (C=O) groups is 2. The summed E-state index contributed by atoms with van der Waals surface area (Å²) in [5.41, 5.74) is 0.973. The molecule has 2 N–H and O–H groups in total. The highest BCUT2D eigenvalue weighted by atomic mass is 35.5. The van der Waals surface area contributed by atoms with Crippen LogP contribution in [0.15, 0.2) is 54.6 Å². The van der Waals surface area contributed by atoms with E-state index in [1.807, 2.05) is 54.4 Å². The Morgan fingerprint density at radius 1 is 1.04 bits per heavy atom. The van der Waals surface area contributed by atoms with Crippen LogP contribution in [-0.2, 0) is 11.3 Å². The molecule has 2 aromatic rings. The van der Waals surface area contributed by atoms with Gasteiger partial charge in [-0.2, -0.15) is 0 Å². The summed E-state index contributed by atoms with van der Waals surface area (Å²) in [7, 11) is 1.90. The third-order valence-electron chi connectivity index (χ3n) is 3.82. The Balaban J connectivity index is 1.57. The molecule has 2 rings (SSSR count). The van der Waals surface area contributed by atoms with E-state index in [2.05, 4.69) is 10.6 Å². The van der Waals surface area contributed by atoms with Gasteiger partial charge in [0.05, 0.1) is 0 Å². The van der Waals surface area contributed by atoms with E-state index in [9.17, 15) is 9.59 Å². The van der Waals surface area contributed by atoms with Crippen molar-refractivity contribution < 1.29 is 14.3 Å². The lowest BCUT2D eigenvalue weighted by molar-refractivity contribution is -0.120. The molecule has 0 aliphatic carbocycles. The predicted octanol–water partition coefficient (Wildman–Crippen LogP) is 3.07. The van der Waals surface area contributed by atoms with Gasteiger partial charge < -0.3 is 15.0 Å². The van der Waals surface area contributed by atoms with E-state index >= 15 is 0 Å². The Kier molecular flexibility index (Phi) is 8.61. The van der Waals surface area contributed by atoms with Crippen molar-refractivity contribution in [2.75, 3.05) is 26.7 Å². The molecular weight excluding hydrogens is 366 g/mol. The van der Waals surface area contributed by atoms with Gasteiger partial charge in [0.25, 0.3) is 0 Å². The van der Waals surface area contributed by atoms with Crippen LogP contribution >= 0.6 is 11.6 Å². The van der Waals surface area contributed by atoms with Crippen LogP contribution in [0.2, 0.25) is 5.02 Å². The molecule has 144 valence electrons. The Labute approximate surface area is 164 Å². The van der Waals surface area contributed by atoms with Gasteiger partial charge in [0.2, 0.25) is 5.91 Å². The van der Waals surface area contributed by atoms with Crippen molar-refractivity contribution >= 4 is 23.5 Å². The van der Waals surface area contributed by atoms with Crippen molar-refractivity contribution in [1.29, 1.82) is 0 Å². The van der Waals surface area contributed by atoms with Crippen molar-refractivity contribution in [3.05, 3.63) is 65.2 Å². The Bertz CT molecular complexity index is 723. The summed E-state index contributed by atoms with van der Waals surface area (Å²) in [4.78, 5) is 25.6. The van der Waals surface area contributed by atoms with Crippen LogP contribution in [-0.4, -0.2) is 43.6 Å². The zero-order chi connectivity index (χ0) is 19.5. The monoisotopic (exact) mass is 389 g/mol. The summed E-state index contributed by atoms with van der Waals surface area (Å²) < 4.78 is 5.61. The van der Waals surface area contributed by atoms with Gasteiger partial charge in [0, 0.05) is 31.1 Å². The molecule has 0 atom stereocenters. The minimum atomic E-state index is -0.488. The van der Waals surface area contributed by atoms with Gasteiger partial charge in [-0.1, -0.05) is 41.9 Å². The number of imide groups is 1. The second-order valence-electron chi connectivity index (χ2n) is 6.07. The average Bonchev–Trinajstić information content (AvgIpc) is 2.67. The fraction of sp³-hybridized carbons (Fsp3) is 0.300. The van der Waals surface area contributed by atoms with E-state index in [1.165, 1.54) is 0 Å². The smallest absolute Gasteiger partial charge is 0.321 e. The number of urea groups is 1. The van der Waals surface area contributed by atoms with E-state index in [0.29, 0.717) is 31.3 Å². The molecule has 7 heteroatoms. The minimum Gasteiger partial charge on any atom is -0.492 e. The van der Waals surface area contributed by atoms with Crippen LogP contribution in [0, 0.1) is 0 Å². The molecular formula is C20H24ClN3O3. The molecule has 0 aliphatic heterocycles. The Morgan fingerprint density at radius 3 is 2.44 bits per heavy atom. The van der Waals surface area contributed by atoms with Gasteiger partial charge in [-0.15, -0.1) is 0 Å². The van der Waals surface area contributed by atoms with Crippen LogP contribution in [0.25, 0.3) is 0 Å². The number of hydrogen-bond acceptors (Lipinski definition) is 4. The number of ether oxygens (including phenoxy) is 1. The van der Waals surface area contributed by atoms with Crippen molar-refractivity contribution in [1.82, 2.24) is 15.5 Å². The fourth-order valence-electron chi connectivity index (χ4n) is 2.27. The fourth-order valence-corrected chi connectivity index (χ4v) is 2.39. The molecule has 0 saturated carbocycles. The number of carbonyl (C=O) groups excluding carboxylic acids is 2. The number of benzene rings is 2. The number of hydrogen-bond donors (Lipinski definition) is 2. The summed E-state index contributed by atoms with van der Waals surface area (Å²) >= 11 is 5.82. The summed E-state index contributed by atoms with van der Waals surface area (Å²) in [5, 5.41) is 5.66. The normalized spacial score (nSPS) is 10.5. The Hall–Kier alpha value is -2.57. The second kappa shape index (κ2) is 11.2. The predicted molar refractivity (Wildman–Crippen MR) is 106 cm³/mol. The molecule has 0 aromatic heterocycles. The zero-order valence-electron chi connectivity index (χ0n) is 15.3. The van der Waals surface area contributed by atoms with E-state index in [0.717, 1.165) is 11.3 Å². The molecule has 0 aliphatic rings. The molecule has 0 radical (unpaired) electrons.